The van der Waals surface area contributed by atoms with Crippen molar-refractivity contribution in [3.63, 3.8) is 0 Å². The maximum Gasteiger partial charge on any atom is 0.258 e. The van der Waals surface area contributed by atoms with Crippen LogP contribution >= 0.6 is 0 Å². The first kappa shape index (κ1) is 18.4. The van der Waals surface area contributed by atoms with Gasteiger partial charge in [-0.2, -0.15) is 0 Å². The van der Waals surface area contributed by atoms with E-state index in [1.807, 2.05) is 0 Å². The number of aryl methyl sites for hydroxylation is 1. The van der Waals surface area contributed by atoms with Crippen LogP contribution in [0, 0.1) is 0 Å². The molecule has 0 saturated heterocycles. The Labute approximate surface area is 156 Å². The van der Waals surface area contributed by atoms with Crippen LogP contribution < -0.4 is 16.8 Å². The Hall–Kier alpha value is -3.39. The number of ether oxygens (including phenoxy) is 1. The van der Waals surface area contributed by atoms with Gasteiger partial charge in [0, 0.05) is 31.5 Å². The molecule has 140 valence electrons. The van der Waals surface area contributed by atoms with Gasteiger partial charge in [0.05, 0.1) is 16.6 Å². The molecule has 0 aliphatic rings. The van der Waals surface area contributed by atoms with Crippen LogP contribution in [0.4, 0.5) is 11.6 Å². The van der Waals surface area contributed by atoms with Gasteiger partial charge >= 0.3 is 0 Å². The zero-order chi connectivity index (χ0) is 19.4. The molecule has 0 saturated carbocycles. The van der Waals surface area contributed by atoms with E-state index in [2.05, 4.69) is 10.3 Å². The number of nitrogens with one attached hydrogen (secondary N) is 1. The number of benzene rings is 2. The van der Waals surface area contributed by atoms with Gasteiger partial charge in [-0.1, -0.05) is 12.1 Å². The first-order chi connectivity index (χ1) is 13.0. The van der Waals surface area contributed by atoms with Crippen molar-refractivity contribution in [3.05, 3.63) is 53.6 Å². The van der Waals surface area contributed by atoms with E-state index < -0.39 is 5.91 Å². The number of hydrogen-bond acceptors (Lipinski definition) is 5. The molecule has 0 unspecified atom stereocenters. The van der Waals surface area contributed by atoms with Gasteiger partial charge in [-0.3, -0.25) is 14.9 Å². The Balaban J connectivity index is 2.03. The monoisotopic (exact) mass is 367 g/mol. The third kappa shape index (κ3) is 3.90. The summed E-state index contributed by atoms with van der Waals surface area (Å²) in [5.41, 5.74) is 13.7. The average Bonchev–Trinajstić information content (AvgIpc) is 2.99. The number of amides is 2. The van der Waals surface area contributed by atoms with Gasteiger partial charge in [0.1, 0.15) is 0 Å². The molecule has 0 bridgehead atoms. The molecule has 0 aliphatic carbocycles. The summed E-state index contributed by atoms with van der Waals surface area (Å²) in [5.74, 6) is -0.560. The normalized spacial score (nSPS) is 10.9. The summed E-state index contributed by atoms with van der Waals surface area (Å²) in [6.07, 6.45) is 0.677. The lowest BCUT2D eigenvalue weighted by atomic mass is 10.1. The van der Waals surface area contributed by atoms with Crippen LogP contribution in [0.25, 0.3) is 11.0 Å². The highest BCUT2D eigenvalue weighted by Crippen LogP contribution is 2.24. The second-order valence-corrected chi connectivity index (χ2v) is 6.05. The van der Waals surface area contributed by atoms with Crippen LogP contribution in [0.2, 0.25) is 0 Å². The van der Waals surface area contributed by atoms with E-state index in [-0.39, 0.29) is 5.91 Å². The van der Waals surface area contributed by atoms with E-state index in [9.17, 15) is 9.59 Å². The van der Waals surface area contributed by atoms with Crippen molar-refractivity contribution in [2.24, 2.45) is 5.73 Å². The van der Waals surface area contributed by atoms with Crippen LogP contribution in [0.1, 0.15) is 27.1 Å². The fraction of sp³-hybridized carbons (Fsp3) is 0.211. The Morgan fingerprint density at radius 1 is 1.22 bits per heavy atom. The number of imidazole rings is 1. The molecule has 3 rings (SSSR count). The van der Waals surface area contributed by atoms with Crippen molar-refractivity contribution in [2.75, 3.05) is 24.8 Å². The second kappa shape index (κ2) is 7.88. The standard InChI is InChI=1S/C19H21N5O3/c1-27-10-4-9-24-16-14(17(21)25)7-3-8-15(16)22-19(24)23-18(26)12-5-2-6-13(20)11-12/h2-3,5-8,11H,4,9-10,20H2,1H3,(H2,21,25)(H,22,23,26). The summed E-state index contributed by atoms with van der Waals surface area (Å²) in [7, 11) is 1.61. The second-order valence-electron chi connectivity index (χ2n) is 6.05. The SMILES string of the molecule is COCCCn1c(NC(=O)c2cccc(N)c2)nc2cccc(C(N)=O)c21. The van der Waals surface area contributed by atoms with Crippen molar-refractivity contribution < 1.29 is 14.3 Å². The van der Waals surface area contributed by atoms with E-state index in [0.717, 1.165) is 0 Å². The molecule has 0 spiro atoms. The predicted octanol–water partition coefficient (Wildman–Crippen LogP) is 2.01. The number of nitrogens with two attached hydrogens (primary N) is 2. The number of anilines is 2. The van der Waals surface area contributed by atoms with Crippen LogP contribution in [0.5, 0.6) is 0 Å². The molecule has 0 radical (unpaired) electrons. The molecule has 2 aromatic carbocycles. The van der Waals surface area contributed by atoms with Gasteiger partial charge < -0.3 is 20.8 Å². The lowest BCUT2D eigenvalue weighted by Gasteiger charge is -2.11. The lowest BCUT2D eigenvalue weighted by molar-refractivity contribution is 0.0999. The molecule has 1 aromatic heterocycles. The summed E-state index contributed by atoms with van der Waals surface area (Å²) in [6, 6.07) is 11.8. The Morgan fingerprint density at radius 3 is 2.70 bits per heavy atom. The number of para-hydroxylation sites is 1. The maximum atomic E-state index is 12.6. The van der Waals surface area contributed by atoms with Crippen molar-refractivity contribution in [1.82, 2.24) is 9.55 Å². The van der Waals surface area contributed by atoms with E-state index in [1.54, 1.807) is 54.1 Å². The summed E-state index contributed by atoms with van der Waals surface area (Å²) in [4.78, 5) is 28.9. The Kier molecular flexibility index (Phi) is 5.37. The summed E-state index contributed by atoms with van der Waals surface area (Å²) in [6.45, 7) is 1.03. The highest BCUT2D eigenvalue weighted by atomic mass is 16.5. The van der Waals surface area contributed by atoms with Crippen molar-refractivity contribution in [1.29, 1.82) is 0 Å². The third-order valence-corrected chi connectivity index (χ3v) is 4.14. The number of nitrogen functional groups attached to an aromatic ring is 1. The maximum absolute atomic E-state index is 12.6. The molecule has 0 atom stereocenters. The van der Waals surface area contributed by atoms with Crippen LogP contribution in [-0.4, -0.2) is 35.1 Å². The third-order valence-electron chi connectivity index (χ3n) is 4.14. The van der Waals surface area contributed by atoms with E-state index in [1.165, 1.54) is 0 Å². The molecule has 3 aromatic rings. The first-order valence-electron chi connectivity index (χ1n) is 8.46. The smallest absolute Gasteiger partial charge is 0.258 e. The van der Waals surface area contributed by atoms with Gasteiger partial charge in [-0.05, 0) is 36.8 Å². The number of methoxy groups -OCH3 is 1. The van der Waals surface area contributed by atoms with Crippen LogP contribution in [0.3, 0.4) is 0 Å². The Morgan fingerprint density at radius 2 is 2.00 bits per heavy atom. The molecular formula is C19H21N5O3. The fourth-order valence-electron chi connectivity index (χ4n) is 2.92. The average molecular weight is 367 g/mol. The quantitative estimate of drug-likeness (QED) is 0.435. The van der Waals surface area contributed by atoms with Crippen LogP contribution in [-0.2, 0) is 11.3 Å². The number of aromatic nitrogens is 2. The van der Waals surface area contributed by atoms with Crippen LogP contribution in [0.15, 0.2) is 42.5 Å². The molecular weight excluding hydrogens is 346 g/mol. The number of rotatable bonds is 7. The summed E-state index contributed by atoms with van der Waals surface area (Å²) < 4.78 is 6.88. The first-order valence-corrected chi connectivity index (χ1v) is 8.46. The minimum atomic E-state index is -0.554. The van der Waals surface area contributed by atoms with Gasteiger partial charge in [0.25, 0.3) is 11.8 Å². The molecule has 5 N–H and O–H groups in total. The van der Waals surface area contributed by atoms with Gasteiger partial charge in [-0.15, -0.1) is 0 Å². The van der Waals surface area contributed by atoms with E-state index in [4.69, 9.17) is 16.2 Å². The molecule has 1 heterocycles. The number of hydrogen-bond donors (Lipinski definition) is 3. The van der Waals surface area contributed by atoms with Gasteiger partial charge in [0.15, 0.2) is 0 Å². The molecule has 0 fully saturated rings. The fourth-order valence-corrected chi connectivity index (χ4v) is 2.92. The summed E-state index contributed by atoms with van der Waals surface area (Å²) >= 11 is 0. The zero-order valence-corrected chi connectivity index (χ0v) is 14.9. The predicted molar refractivity (Wildman–Crippen MR) is 104 cm³/mol. The lowest BCUT2D eigenvalue weighted by Crippen LogP contribution is -2.18. The van der Waals surface area contributed by atoms with Crippen molar-refractivity contribution in [2.45, 2.75) is 13.0 Å². The molecule has 27 heavy (non-hydrogen) atoms. The highest BCUT2D eigenvalue weighted by molar-refractivity contribution is 6.07. The number of nitrogens with zero attached hydrogens (tertiary/aromatic N) is 2. The topological polar surface area (TPSA) is 125 Å². The van der Waals surface area contributed by atoms with Crippen molar-refractivity contribution in [3.8, 4) is 0 Å². The minimum absolute atomic E-state index is 0.335. The summed E-state index contributed by atoms with van der Waals surface area (Å²) in [5, 5.41) is 2.80. The number of fused-ring (bicyclic) bond motifs is 1. The van der Waals surface area contributed by atoms with E-state index in [0.29, 0.717) is 53.4 Å². The largest absolute Gasteiger partial charge is 0.399 e. The Bertz CT molecular complexity index is 996. The zero-order valence-electron chi connectivity index (χ0n) is 14.9. The number of primary amides is 1. The number of carbonyl (C=O) groups excluding carboxylic acids is 2. The van der Waals surface area contributed by atoms with Gasteiger partial charge in [0.2, 0.25) is 5.95 Å². The van der Waals surface area contributed by atoms with Gasteiger partial charge in [-0.25, -0.2) is 4.98 Å². The molecule has 8 nitrogen and oxygen atoms in total. The highest BCUT2D eigenvalue weighted by Gasteiger charge is 2.18. The molecule has 2 amide bonds. The van der Waals surface area contributed by atoms with Crippen molar-refractivity contribution >= 4 is 34.5 Å². The molecule has 8 heteroatoms. The number of carbonyl (C=O) groups is 2. The molecule has 0 aliphatic heterocycles. The minimum Gasteiger partial charge on any atom is -0.399 e. The van der Waals surface area contributed by atoms with E-state index >= 15 is 0 Å².